The van der Waals surface area contributed by atoms with E-state index < -0.39 is 26.6 Å². The van der Waals surface area contributed by atoms with E-state index >= 15 is 0 Å². The largest absolute Gasteiger partial charge is 0.756 e. The second kappa shape index (κ2) is 69.8. The predicted molar refractivity (Wildman–Crippen MR) is 394 cm³/mol. The zero-order valence-electron chi connectivity index (χ0n) is 60.5. The zero-order valence-corrected chi connectivity index (χ0v) is 61.4. The molecule has 0 bridgehead atoms. The van der Waals surface area contributed by atoms with Crippen LogP contribution in [0, 0.1) is 0 Å². The minimum Gasteiger partial charge on any atom is -0.756 e. The highest BCUT2D eigenvalue weighted by Gasteiger charge is 2.27. The summed E-state index contributed by atoms with van der Waals surface area (Å²) in [4.78, 5) is 40.3. The number of hydrogen-bond donors (Lipinski definition) is 1. The number of allylic oxidation sites excluding steroid dienone is 15. The summed E-state index contributed by atoms with van der Waals surface area (Å²) in [6, 6.07) is -0.897. The van der Waals surface area contributed by atoms with Gasteiger partial charge in [0, 0.05) is 12.8 Å². The SMILES string of the molecule is CC/C=C\C/C=C\C/C=C\C/C=C\C/C=C\CCCCCCCCCCCC(=O)NC(COP(=O)([O-])OCC[N+](C)(C)C)C(/C=C/CCCCCCCCCCCCC)OC(=O)CCCCCCCCCCCCCCCCCCC/C=C\C/C=C\CCCCC. The van der Waals surface area contributed by atoms with Crippen LogP contribution in [0.1, 0.15) is 355 Å². The van der Waals surface area contributed by atoms with Gasteiger partial charge >= 0.3 is 5.97 Å². The van der Waals surface area contributed by atoms with Crippen molar-refractivity contribution in [1.82, 2.24) is 5.32 Å². The summed E-state index contributed by atoms with van der Waals surface area (Å²) >= 11 is 0. The van der Waals surface area contributed by atoms with Crippen LogP contribution in [-0.4, -0.2) is 69.4 Å². The Morgan fingerprint density at radius 1 is 0.396 bits per heavy atom. The van der Waals surface area contributed by atoms with Crippen LogP contribution in [0.3, 0.4) is 0 Å². The third-order valence-corrected chi connectivity index (χ3v) is 18.0. The van der Waals surface area contributed by atoms with Gasteiger partial charge in [-0.3, -0.25) is 14.2 Å². The molecule has 0 saturated carbocycles. The molecule has 0 rings (SSSR count). The molecular formula is C81H147N2O7P. The van der Waals surface area contributed by atoms with Crippen LogP contribution in [0.5, 0.6) is 0 Å². The number of nitrogens with one attached hydrogen (secondary N) is 1. The number of amides is 1. The summed E-state index contributed by atoms with van der Waals surface area (Å²) in [5, 5.41) is 3.05. The van der Waals surface area contributed by atoms with Gasteiger partial charge < -0.3 is 28.5 Å². The highest BCUT2D eigenvalue weighted by atomic mass is 31.2. The van der Waals surface area contributed by atoms with Crippen LogP contribution in [0.15, 0.2) is 97.2 Å². The van der Waals surface area contributed by atoms with Gasteiger partial charge in [-0.2, -0.15) is 0 Å². The fraction of sp³-hybridized carbons (Fsp3) is 0.778. The molecule has 91 heavy (non-hydrogen) atoms. The smallest absolute Gasteiger partial charge is 0.306 e. The first kappa shape index (κ1) is 87.9. The molecule has 1 amide bonds. The molecule has 0 aliphatic carbocycles. The molecule has 0 aromatic carbocycles. The van der Waals surface area contributed by atoms with E-state index in [0.717, 1.165) is 109 Å². The first-order valence-electron chi connectivity index (χ1n) is 38.5. The van der Waals surface area contributed by atoms with Gasteiger partial charge in [0.05, 0.1) is 33.8 Å². The molecule has 0 radical (unpaired) electrons. The number of phosphoric ester groups is 1. The number of carbonyl (C=O) groups excluding carboxylic acids is 2. The van der Waals surface area contributed by atoms with Gasteiger partial charge in [-0.05, 0) is 109 Å². The van der Waals surface area contributed by atoms with Crippen molar-refractivity contribution in [1.29, 1.82) is 0 Å². The summed E-state index contributed by atoms with van der Waals surface area (Å²) in [6.45, 7) is 6.74. The van der Waals surface area contributed by atoms with E-state index in [1.165, 1.54) is 212 Å². The lowest BCUT2D eigenvalue weighted by Gasteiger charge is -2.30. The van der Waals surface area contributed by atoms with E-state index in [2.05, 4.69) is 111 Å². The third kappa shape index (κ3) is 71.1. The van der Waals surface area contributed by atoms with Crippen molar-refractivity contribution in [2.24, 2.45) is 0 Å². The zero-order chi connectivity index (χ0) is 66.3. The Balaban J connectivity index is 5.01. The van der Waals surface area contributed by atoms with Gasteiger partial charge in [0.2, 0.25) is 5.91 Å². The molecular weight excluding hydrogens is 1140 g/mol. The van der Waals surface area contributed by atoms with Crippen LogP contribution in [0.2, 0.25) is 0 Å². The topological polar surface area (TPSA) is 114 Å². The second-order valence-electron chi connectivity index (χ2n) is 27.1. The standard InChI is InChI=1S/C81H147N2O7P/c1-7-10-13-16-19-22-25-28-30-32-34-36-38-40-41-43-45-47-49-51-53-56-59-62-65-68-71-74-81(85)90-79(72-69-66-63-60-57-54-27-24-21-18-15-12-9-3)78(77-89-91(86,87)88-76-75-83(4,5)6)82-80(84)73-70-67-64-61-58-55-52-50-48-46-44-42-39-37-35-33-31-29-26-23-20-17-14-11-8-2/h11,14,19-20,22-23,28-31,35,37,42,44,69,72,78-79H,7-10,12-13,15-18,21,24-27,32-34,36,38-41,43,45-68,70-71,73-77H2,1-6H3,(H-,82,84,86,87)/b14-11-,22-19-,23-20-,30-28-,31-29-,37-35-,44-42-,72-69+. The van der Waals surface area contributed by atoms with E-state index in [4.69, 9.17) is 13.8 Å². The van der Waals surface area contributed by atoms with E-state index in [9.17, 15) is 19.0 Å². The number of carbonyl (C=O) groups is 2. The number of unbranched alkanes of at least 4 members (excludes halogenated alkanes) is 40. The van der Waals surface area contributed by atoms with Crippen LogP contribution in [0.25, 0.3) is 0 Å². The fourth-order valence-electron chi connectivity index (χ4n) is 11.1. The molecule has 0 aromatic heterocycles. The van der Waals surface area contributed by atoms with Crippen molar-refractivity contribution < 1.29 is 37.3 Å². The maximum atomic E-state index is 13.6. The molecule has 3 unspecified atom stereocenters. The number of phosphoric acid groups is 1. The minimum absolute atomic E-state index is 0.0259. The molecule has 0 fully saturated rings. The van der Waals surface area contributed by atoms with E-state index in [1.807, 2.05) is 33.3 Å². The summed E-state index contributed by atoms with van der Waals surface area (Å²) in [6.07, 6.45) is 95.4. The van der Waals surface area contributed by atoms with Crippen LogP contribution in [-0.2, 0) is 27.9 Å². The Morgan fingerprint density at radius 2 is 0.703 bits per heavy atom. The van der Waals surface area contributed by atoms with Crippen LogP contribution < -0.4 is 10.2 Å². The van der Waals surface area contributed by atoms with Crippen molar-refractivity contribution in [2.45, 2.75) is 367 Å². The lowest BCUT2D eigenvalue weighted by atomic mass is 10.0. The third-order valence-electron chi connectivity index (χ3n) is 17.0. The van der Waals surface area contributed by atoms with Crippen molar-refractivity contribution in [2.75, 3.05) is 40.9 Å². The highest BCUT2D eigenvalue weighted by Crippen LogP contribution is 2.38. The van der Waals surface area contributed by atoms with Gasteiger partial charge in [0.1, 0.15) is 19.3 Å². The van der Waals surface area contributed by atoms with Crippen LogP contribution in [0.4, 0.5) is 0 Å². The molecule has 0 heterocycles. The van der Waals surface area contributed by atoms with Gasteiger partial charge in [-0.25, -0.2) is 0 Å². The van der Waals surface area contributed by atoms with Crippen molar-refractivity contribution in [3.05, 3.63) is 97.2 Å². The Labute approximate surface area is 564 Å². The molecule has 0 spiro atoms. The predicted octanol–water partition coefficient (Wildman–Crippen LogP) is 24.4. The maximum absolute atomic E-state index is 13.6. The van der Waals surface area contributed by atoms with Crippen molar-refractivity contribution in [3.8, 4) is 0 Å². The molecule has 1 N–H and O–H groups in total. The van der Waals surface area contributed by atoms with Gasteiger partial charge in [-0.1, -0.05) is 330 Å². The number of nitrogens with zero attached hydrogens (tertiary/aromatic N) is 1. The molecule has 9 nitrogen and oxygen atoms in total. The first-order chi connectivity index (χ1) is 44.4. The average molecular weight is 1290 g/mol. The van der Waals surface area contributed by atoms with Gasteiger partial charge in [0.15, 0.2) is 0 Å². The number of esters is 1. The van der Waals surface area contributed by atoms with E-state index in [1.54, 1.807) is 0 Å². The molecule has 0 aliphatic rings. The van der Waals surface area contributed by atoms with Crippen molar-refractivity contribution in [3.63, 3.8) is 0 Å². The normalized spacial score (nSPS) is 14.0. The Hall–Kier alpha value is -3.07. The lowest BCUT2D eigenvalue weighted by Crippen LogP contribution is -2.47. The summed E-state index contributed by atoms with van der Waals surface area (Å²) in [5.74, 6) is -0.538. The highest BCUT2D eigenvalue weighted by molar-refractivity contribution is 7.45. The van der Waals surface area contributed by atoms with E-state index in [0.29, 0.717) is 17.4 Å². The Morgan fingerprint density at radius 3 is 1.08 bits per heavy atom. The summed E-state index contributed by atoms with van der Waals surface area (Å²) in [7, 11) is 1.18. The monoisotopic (exact) mass is 1290 g/mol. The van der Waals surface area contributed by atoms with Crippen LogP contribution >= 0.6 is 7.82 Å². The molecule has 0 aliphatic heterocycles. The van der Waals surface area contributed by atoms with Gasteiger partial charge in [0.25, 0.3) is 7.82 Å². The molecule has 0 aromatic rings. The molecule has 10 heteroatoms. The second-order valence-corrected chi connectivity index (χ2v) is 28.5. The van der Waals surface area contributed by atoms with Crippen molar-refractivity contribution >= 4 is 19.7 Å². The average Bonchev–Trinajstić information content (AvgIpc) is 3.73. The first-order valence-corrected chi connectivity index (χ1v) is 40.0. The Bertz CT molecular complexity index is 1880. The number of quaternary nitrogens is 1. The minimum atomic E-state index is -4.71. The molecule has 0 saturated heterocycles. The summed E-state index contributed by atoms with van der Waals surface area (Å²) in [5.41, 5.74) is 0. The van der Waals surface area contributed by atoms with E-state index in [-0.39, 0.29) is 24.9 Å². The summed E-state index contributed by atoms with van der Waals surface area (Å²) < 4.78 is 30.5. The van der Waals surface area contributed by atoms with Gasteiger partial charge in [-0.15, -0.1) is 0 Å². The maximum Gasteiger partial charge on any atom is 0.306 e. The molecule has 3 atom stereocenters. The number of hydrogen-bond acceptors (Lipinski definition) is 7. The number of likely N-dealkylation sites (N-methyl/N-ethyl adjacent to an activating group) is 1. The number of rotatable bonds is 70. The molecule has 528 valence electrons. The lowest BCUT2D eigenvalue weighted by molar-refractivity contribution is -0.870. The quantitative estimate of drug-likeness (QED) is 0.0212. The number of ether oxygens (including phenoxy) is 1. The Kier molecular flexibility index (Phi) is 67.4. The fourth-order valence-corrected chi connectivity index (χ4v) is 11.8.